The number of halogens is 1. The minimum Gasteiger partial charge on any atom is -0.478 e. The van der Waals surface area contributed by atoms with Crippen LogP contribution in [0, 0.1) is 5.82 Å². The third-order valence-electron chi connectivity index (χ3n) is 2.53. The number of hydrogen-bond donors (Lipinski definition) is 1. The number of aliphatic carboxylic acids is 1. The van der Waals surface area contributed by atoms with Crippen LogP contribution >= 0.6 is 0 Å². The Labute approximate surface area is 106 Å². The number of benzene rings is 1. The molecule has 0 aliphatic heterocycles. The number of carboxylic acids is 1. The van der Waals surface area contributed by atoms with Crippen LogP contribution < -0.4 is 0 Å². The fourth-order valence-electron chi connectivity index (χ4n) is 1.73. The number of nitrogens with zero attached hydrogens (tertiary/aromatic N) is 1. The molecule has 2 rings (SSSR count). The third kappa shape index (κ3) is 2.42. The van der Waals surface area contributed by atoms with Gasteiger partial charge in [-0.2, -0.15) is 0 Å². The van der Waals surface area contributed by atoms with E-state index in [0.717, 1.165) is 22.8 Å². The first kappa shape index (κ1) is 12.7. The van der Waals surface area contributed by atoms with Crippen LogP contribution in [0.3, 0.4) is 0 Å². The molecule has 1 N–H and O–H groups in total. The van der Waals surface area contributed by atoms with Gasteiger partial charge in [0.25, 0.3) is 5.91 Å². The number of aldehydes is 1. The minimum absolute atomic E-state index is 0.159. The van der Waals surface area contributed by atoms with E-state index in [1.165, 1.54) is 12.3 Å². The minimum atomic E-state index is -1.26. The first-order valence-electron chi connectivity index (χ1n) is 5.24. The molecule has 2 aromatic rings. The van der Waals surface area contributed by atoms with Gasteiger partial charge in [0.2, 0.25) is 0 Å². The fraction of sp³-hybridized carbons (Fsp3) is 0. The van der Waals surface area contributed by atoms with E-state index >= 15 is 0 Å². The van der Waals surface area contributed by atoms with Crippen LogP contribution in [0.2, 0.25) is 0 Å². The van der Waals surface area contributed by atoms with E-state index in [4.69, 9.17) is 5.11 Å². The number of fused-ring (bicyclic) bond motifs is 1. The monoisotopic (exact) mass is 261 g/mol. The molecule has 96 valence electrons. The number of carboxylic acid groups (broad SMARTS) is 1. The van der Waals surface area contributed by atoms with Gasteiger partial charge in [-0.05, 0) is 18.2 Å². The summed E-state index contributed by atoms with van der Waals surface area (Å²) in [6.45, 7) is 0. The quantitative estimate of drug-likeness (QED) is 0.676. The number of carbonyl (C=O) groups is 3. The fourth-order valence-corrected chi connectivity index (χ4v) is 1.73. The van der Waals surface area contributed by atoms with E-state index in [0.29, 0.717) is 23.3 Å². The maximum Gasteiger partial charge on any atom is 0.328 e. The van der Waals surface area contributed by atoms with Gasteiger partial charge in [-0.25, -0.2) is 9.18 Å². The normalized spacial score (nSPS) is 11.0. The van der Waals surface area contributed by atoms with Crippen molar-refractivity contribution in [1.82, 2.24) is 4.57 Å². The van der Waals surface area contributed by atoms with Gasteiger partial charge in [0, 0.05) is 29.3 Å². The van der Waals surface area contributed by atoms with Crippen molar-refractivity contribution in [3.05, 3.63) is 47.9 Å². The van der Waals surface area contributed by atoms with Gasteiger partial charge in [0.05, 0.1) is 5.52 Å². The summed E-state index contributed by atoms with van der Waals surface area (Å²) in [5.74, 6) is -2.42. The summed E-state index contributed by atoms with van der Waals surface area (Å²) in [7, 11) is 0. The van der Waals surface area contributed by atoms with Crippen LogP contribution in [0.4, 0.5) is 4.39 Å². The van der Waals surface area contributed by atoms with Crippen LogP contribution in [-0.4, -0.2) is 27.8 Å². The Hall–Kier alpha value is -2.76. The Kier molecular flexibility index (Phi) is 3.24. The lowest BCUT2D eigenvalue weighted by atomic mass is 10.2. The van der Waals surface area contributed by atoms with E-state index in [9.17, 15) is 18.8 Å². The van der Waals surface area contributed by atoms with Crippen LogP contribution in [0.1, 0.15) is 15.2 Å². The lowest BCUT2D eigenvalue weighted by Crippen LogP contribution is -2.06. The van der Waals surface area contributed by atoms with Crippen LogP contribution in [0.25, 0.3) is 10.9 Å². The highest BCUT2D eigenvalue weighted by Gasteiger charge is 2.12. The molecule has 0 aliphatic carbocycles. The maximum atomic E-state index is 13.1. The summed E-state index contributed by atoms with van der Waals surface area (Å²) >= 11 is 0. The number of allylic oxidation sites excluding steroid dienone is 1. The van der Waals surface area contributed by atoms with Crippen molar-refractivity contribution in [2.24, 2.45) is 0 Å². The highest BCUT2D eigenvalue weighted by molar-refractivity contribution is 6.05. The second-order valence-electron chi connectivity index (χ2n) is 3.74. The van der Waals surface area contributed by atoms with Crippen molar-refractivity contribution >= 4 is 29.1 Å². The average Bonchev–Trinajstić information content (AvgIpc) is 2.73. The lowest BCUT2D eigenvalue weighted by Gasteiger charge is -1.99. The van der Waals surface area contributed by atoms with Crippen molar-refractivity contribution in [2.45, 2.75) is 0 Å². The molecule has 1 aromatic heterocycles. The molecule has 6 heteroatoms. The molecule has 0 fully saturated rings. The summed E-state index contributed by atoms with van der Waals surface area (Å²) in [5.41, 5.74) is 0.495. The Balaban J connectivity index is 2.58. The standard InChI is InChI=1S/C13H8FNO4/c14-9-1-2-11-10(5-9)8(7-16)6-15(11)12(17)3-4-13(18)19/h1-7H,(H,18,19)/b4-3+. The van der Waals surface area contributed by atoms with E-state index < -0.39 is 17.7 Å². The largest absolute Gasteiger partial charge is 0.478 e. The summed E-state index contributed by atoms with van der Waals surface area (Å²) in [6, 6.07) is 3.65. The second kappa shape index (κ2) is 4.85. The first-order valence-corrected chi connectivity index (χ1v) is 5.24. The maximum absolute atomic E-state index is 13.1. The predicted octanol–water partition coefficient (Wildman–Crippen LogP) is 1.87. The van der Waals surface area contributed by atoms with Gasteiger partial charge < -0.3 is 5.11 Å². The van der Waals surface area contributed by atoms with Gasteiger partial charge >= 0.3 is 5.97 Å². The molecule has 1 aromatic carbocycles. The van der Waals surface area contributed by atoms with Crippen molar-refractivity contribution in [3.63, 3.8) is 0 Å². The van der Waals surface area contributed by atoms with Gasteiger partial charge in [-0.3, -0.25) is 14.2 Å². The van der Waals surface area contributed by atoms with Gasteiger partial charge in [-0.15, -0.1) is 0 Å². The molecule has 0 spiro atoms. The zero-order chi connectivity index (χ0) is 14.0. The molecule has 0 saturated carbocycles. The summed E-state index contributed by atoms with van der Waals surface area (Å²) in [6.07, 6.45) is 3.30. The lowest BCUT2D eigenvalue weighted by molar-refractivity contribution is -0.131. The number of carbonyl (C=O) groups excluding carboxylic acids is 2. The van der Waals surface area contributed by atoms with Crippen LogP contribution in [-0.2, 0) is 4.79 Å². The Morgan fingerprint density at radius 3 is 2.63 bits per heavy atom. The highest BCUT2D eigenvalue weighted by Crippen LogP contribution is 2.21. The van der Waals surface area contributed by atoms with E-state index in [1.54, 1.807) is 0 Å². The molecule has 19 heavy (non-hydrogen) atoms. The Bertz CT molecular complexity index is 715. The number of aromatic nitrogens is 1. The zero-order valence-corrected chi connectivity index (χ0v) is 9.54. The summed E-state index contributed by atoms with van der Waals surface area (Å²) in [4.78, 5) is 33.0. The Morgan fingerprint density at radius 2 is 2.00 bits per heavy atom. The van der Waals surface area contributed by atoms with Crippen molar-refractivity contribution in [1.29, 1.82) is 0 Å². The summed E-state index contributed by atoms with van der Waals surface area (Å²) in [5, 5.41) is 8.75. The van der Waals surface area contributed by atoms with Crippen molar-refractivity contribution in [2.75, 3.05) is 0 Å². The predicted molar refractivity (Wildman–Crippen MR) is 64.7 cm³/mol. The number of rotatable bonds is 3. The van der Waals surface area contributed by atoms with Crippen LogP contribution in [0.15, 0.2) is 36.5 Å². The Morgan fingerprint density at radius 1 is 1.26 bits per heavy atom. The molecule has 0 bridgehead atoms. The molecule has 0 atom stereocenters. The molecule has 0 aliphatic rings. The van der Waals surface area contributed by atoms with Crippen molar-refractivity contribution < 1.29 is 23.9 Å². The smallest absolute Gasteiger partial charge is 0.328 e. The van der Waals surface area contributed by atoms with Gasteiger partial charge in [0.15, 0.2) is 6.29 Å². The van der Waals surface area contributed by atoms with Gasteiger partial charge in [-0.1, -0.05) is 0 Å². The van der Waals surface area contributed by atoms with E-state index in [2.05, 4.69) is 0 Å². The first-order chi connectivity index (χ1) is 9.02. The topological polar surface area (TPSA) is 76.4 Å². The van der Waals surface area contributed by atoms with Gasteiger partial charge in [0.1, 0.15) is 5.82 Å². The summed E-state index contributed by atoms with van der Waals surface area (Å²) < 4.78 is 14.2. The number of hydrogen-bond acceptors (Lipinski definition) is 3. The molecular weight excluding hydrogens is 253 g/mol. The van der Waals surface area contributed by atoms with E-state index in [1.807, 2.05) is 0 Å². The molecule has 0 amide bonds. The highest BCUT2D eigenvalue weighted by atomic mass is 19.1. The van der Waals surface area contributed by atoms with E-state index in [-0.39, 0.29) is 5.56 Å². The molecule has 0 saturated heterocycles. The molecule has 5 nitrogen and oxygen atoms in total. The molecule has 0 radical (unpaired) electrons. The molecular formula is C13H8FNO4. The molecule has 1 heterocycles. The zero-order valence-electron chi connectivity index (χ0n) is 9.54. The SMILES string of the molecule is O=Cc1cn(C(=O)/C=C/C(=O)O)c2ccc(F)cc12. The molecule has 0 unspecified atom stereocenters. The van der Waals surface area contributed by atoms with Crippen molar-refractivity contribution in [3.8, 4) is 0 Å². The third-order valence-corrected chi connectivity index (χ3v) is 2.53. The average molecular weight is 261 g/mol. The second-order valence-corrected chi connectivity index (χ2v) is 3.74. The van der Waals surface area contributed by atoms with Crippen LogP contribution in [0.5, 0.6) is 0 Å².